The molecule has 108 valence electrons. The molecule has 1 aliphatic carbocycles. The molecule has 0 aromatic heterocycles. The van der Waals surface area contributed by atoms with E-state index in [0.717, 1.165) is 25.7 Å². The first-order chi connectivity index (χ1) is 9.10. The maximum atomic E-state index is 12.9. The molecule has 5 nitrogen and oxygen atoms in total. The maximum Gasteiger partial charge on any atom is 0.242 e. The van der Waals surface area contributed by atoms with Crippen LogP contribution in [-0.2, 0) is 9.59 Å². The molecule has 2 aliphatic rings. The van der Waals surface area contributed by atoms with Crippen molar-refractivity contribution in [2.45, 2.75) is 51.5 Å². The lowest BCUT2D eigenvalue weighted by atomic mass is 9.78. The number of nitrogens with two attached hydrogens (primary N) is 1. The molecule has 2 rings (SSSR count). The second kappa shape index (κ2) is 5.90. The molecule has 0 spiro atoms. The lowest BCUT2D eigenvalue weighted by Crippen LogP contribution is -2.60. The van der Waals surface area contributed by atoms with Crippen molar-refractivity contribution in [2.75, 3.05) is 19.6 Å². The Morgan fingerprint density at radius 1 is 1.37 bits per heavy atom. The highest BCUT2D eigenvalue weighted by molar-refractivity contribution is 5.91. The third kappa shape index (κ3) is 2.76. The van der Waals surface area contributed by atoms with Gasteiger partial charge in [0.25, 0.3) is 0 Å². The van der Waals surface area contributed by atoms with Crippen LogP contribution < -0.4 is 11.1 Å². The maximum absolute atomic E-state index is 12.9. The molecule has 0 radical (unpaired) electrons. The van der Waals surface area contributed by atoms with Crippen molar-refractivity contribution in [3.8, 4) is 0 Å². The first-order valence-corrected chi connectivity index (χ1v) is 7.39. The molecule has 1 saturated carbocycles. The highest BCUT2D eigenvalue weighted by Gasteiger charge is 2.43. The normalized spacial score (nSPS) is 27.6. The van der Waals surface area contributed by atoms with Crippen LogP contribution in [0.25, 0.3) is 0 Å². The number of amides is 2. The van der Waals surface area contributed by atoms with Crippen molar-refractivity contribution in [2.24, 2.45) is 11.1 Å². The van der Waals surface area contributed by atoms with Gasteiger partial charge in [-0.3, -0.25) is 9.59 Å². The largest absolute Gasteiger partial charge is 0.353 e. The second-order valence-corrected chi connectivity index (χ2v) is 5.86. The number of piperazine rings is 1. The SMILES string of the molecule is CC1C(=O)NCCN1C(=O)C1(CN)CCCCCC1. The summed E-state index contributed by atoms with van der Waals surface area (Å²) < 4.78 is 0. The number of nitrogens with zero attached hydrogens (tertiary/aromatic N) is 1. The highest BCUT2D eigenvalue weighted by Crippen LogP contribution is 2.36. The predicted molar refractivity (Wildman–Crippen MR) is 73.4 cm³/mol. The summed E-state index contributed by atoms with van der Waals surface area (Å²) in [6, 6.07) is -0.368. The fourth-order valence-corrected chi connectivity index (χ4v) is 3.28. The zero-order chi connectivity index (χ0) is 13.9. The van der Waals surface area contributed by atoms with Gasteiger partial charge in [-0.1, -0.05) is 25.7 Å². The molecule has 1 heterocycles. The Bertz CT molecular complexity index is 349. The Hall–Kier alpha value is -1.10. The minimum absolute atomic E-state index is 0.0552. The van der Waals surface area contributed by atoms with Crippen molar-refractivity contribution in [1.82, 2.24) is 10.2 Å². The summed E-state index contributed by atoms with van der Waals surface area (Å²) in [6.45, 7) is 3.35. The molecule has 5 heteroatoms. The average molecular weight is 267 g/mol. The summed E-state index contributed by atoms with van der Waals surface area (Å²) in [7, 11) is 0. The summed E-state index contributed by atoms with van der Waals surface area (Å²) in [6.07, 6.45) is 6.24. The van der Waals surface area contributed by atoms with Crippen LogP contribution in [0.2, 0.25) is 0 Å². The Morgan fingerprint density at radius 3 is 2.58 bits per heavy atom. The van der Waals surface area contributed by atoms with E-state index in [9.17, 15) is 9.59 Å². The molecule has 1 saturated heterocycles. The molecule has 2 fully saturated rings. The quantitative estimate of drug-likeness (QED) is 0.721. The zero-order valence-electron chi connectivity index (χ0n) is 11.8. The van der Waals surface area contributed by atoms with Gasteiger partial charge >= 0.3 is 0 Å². The third-order valence-electron chi connectivity index (χ3n) is 4.66. The molecule has 1 aliphatic heterocycles. The van der Waals surface area contributed by atoms with Crippen molar-refractivity contribution in [3.63, 3.8) is 0 Å². The molecule has 0 aromatic carbocycles. The van der Waals surface area contributed by atoms with E-state index in [2.05, 4.69) is 5.32 Å². The Labute approximate surface area is 114 Å². The average Bonchev–Trinajstić information content (AvgIpc) is 2.67. The van der Waals surface area contributed by atoms with Crippen LogP contribution in [0, 0.1) is 5.41 Å². The van der Waals surface area contributed by atoms with Gasteiger partial charge in [0.05, 0.1) is 5.41 Å². The van der Waals surface area contributed by atoms with E-state index in [0.29, 0.717) is 19.6 Å². The van der Waals surface area contributed by atoms with E-state index in [-0.39, 0.29) is 17.9 Å². The summed E-state index contributed by atoms with van der Waals surface area (Å²) in [4.78, 5) is 26.3. The second-order valence-electron chi connectivity index (χ2n) is 5.86. The van der Waals surface area contributed by atoms with Crippen LogP contribution in [0.3, 0.4) is 0 Å². The Kier molecular flexibility index (Phi) is 4.45. The number of carbonyl (C=O) groups excluding carboxylic acids is 2. The molecule has 0 bridgehead atoms. The van der Waals surface area contributed by atoms with Crippen LogP contribution in [0.4, 0.5) is 0 Å². The van der Waals surface area contributed by atoms with E-state index in [1.54, 1.807) is 11.8 Å². The van der Waals surface area contributed by atoms with Crippen LogP contribution in [-0.4, -0.2) is 42.4 Å². The van der Waals surface area contributed by atoms with Crippen molar-refractivity contribution in [1.29, 1.82) is 0 Å². The number of hydrogen-bond donors (Lipinski definition) is 2. The molecule has 1 unspecified atom stereocenters. The van der Waals surface area contributed by atoms with Gasteiger partial charge in [-0.05, 0) is 19.8 Å². The Morgan fingerprint density at radius 2 is 2.00 bits per heavy atom. The van der Waals surface area contributed by atoms with Gasteiger partial charge in [0.2, 0.25) is 11.8 Å². The fraction of sp³-hybridized carbons (Fsp3) is 0.857. The number of nitrogens with one attached hydrogen (secondary N) is 1. The monoisotopic (exact) mass is 267 g/mol. The molecule has 19 heavy (non-hydrogen) atoms. The smallest absolute Gasteiger partial charge is 0.242 e. The van der Waals surface area contributed by atoms with Crippen LogP contribution in [0.15, 0.2) is 0 Å². The number of carbonyl (C=O) groups is 2. The van der Waals surface area contributed by atoms with Gasteiger partial charge in [0.15, 0.2) is 0 Å². The summed E-state index contributed by atoms with van der Waals surface area (Å²) in [5.41, 5.74) is 5.52. The topological polar surface area (TPSA) is 75.4 Å². The van der Waals surface area contributed by atoms with Gasteiger partial charge in [-0.2, -0.15) is 0 Å². The lowest BCUT2D eigenvalue weighted by molar-refractivity contribution is -0.151. The minimum atomic E-state index is -0.428. The Balaban J connectivity index is 2.17. The molecule has 2 amide bonds. The molecule has 1 atom stereocenters. The van der Waals surface area contributed by atoms with E-state index < -0.39 is 5.41 Å². The molecular weight excluding hydrogens is 242 g/mol. The van der Waals surface area contributed by atoms with Gasteiger partial charge in [0, 0.05) is 19.6 Å². The zero-order valence-corrected chi connectivity index (χ0v) is 11.8. The van der Waals surface area contributed by atoms with E-state index >= 15 is 0 Å². The van der Waals surface area contributed by atoms with Gasteiger partial charge < -0.3 is 16.0 Å². The first kappa shape index (κ1) is 14.3. The molecule has 3 N–H and O–H groups in total. The van der Waals surface area contributed by atoms with E-state index in [1.165, 1.54) is 12.8 Å². The summed E-state index contributed by atoms with van der Waals surface area (Å²) >= 11 is 0. The van der Waals surface area contributed by atoms with Crippen molar-refractivity contribution >= 4 is 11.8 Å². The van der Waals surface area contributed by atoms with Crippen LogP contribution >= 0.6 is 0 Å². The van der Waals surface area contributed by atoms with Crippen molar-refractivity contribution < 1.29 is 9.59 Å². The van der Waals surface area contributed by atoms with E-state index in [4.69, 9.17) is 5.73 Å². The predicted octanol–water partition coefficient (Wildman–Crippen LogP) is 0.633. The molecular formula is C14H25N3O2. The van der Waals surface area contributed by atoms with E-state index in [1.807, 2.05) is 0 Å². The van der Waals surface area contributed by atoms with Crippen LogP contribution in [0.1, 0.15) is 45.4 Å². The number of hydrogen-bond acceptors (Lipinski definition) is 3. The third-order valence-corrected chi connectivity index (χ3v) is 4.66. The summed E-state index contributed by atoms with van der Waals surface area (Å²) in [5.74, 6) is 0.0413. The van der Waals surface area contributed by atoms with Gasteiger partial charge in [-0.15, -0.1) is 0 Å². The van der Waals surface area contributed by atoms with Gasteiger partial charge in [0.1, 0.15) is 6.04 Å². The highest BCUT2D eigenvalue weighted by atomic mass is 16.2. The van der Waals surface area contributed by atoms with Gasteiger partial charge in [-0.25, -0.2) is 0 Å². The summed E-state index contributed by atoms with van der Waals surface area (Å²) in [5, 5.41) is 2.80. The standard InChI is InChI=1S/C14H25N3O2/c1-11-12(18)16-8-9-17(11)13(19)14(10-15)6-4-2-3-5-7-14/h11H,2-10,15H2,1H3,(H,16,18). The number of rotatable bonds is 2. The first-order valence-electron chi connectivity index (χ1n) is 7.39. The molecule has 0 aromatic rings. The minimum Gasteiger partial charge on any atom is -0.353 e. The van der Waals surface area contributed by atoms with Crippen molar-refractivity contribution in [3.05, 3.63) is 0 Å². The lowest BCUT2D eigenvalue weighted by Gasteiger charge is -2.40. The van der Waals surface area contributed by atoms with Crippen LogP contribution in [0.5, 0.6) is 0 Å². The fourth-order valence-electron chi connectivity index (χ4n) is 3.28.